The second-order valence-electron chi connectivity index (χ2n) is 3.47. The highest BCUT2D eigenvalue weighted by atomic mass is 32.2. The Hall–Kier alpha value is -1.48. The summed E-state index contributed by atoms with van der Waals surface area (Å²) < 4.78 is 4.78. The first-order chi connectivity index (χ1) is 7.77. The Kier molecular flexibility index (Phi) is 3.47. The molecule has 0 fully saturated rings. The Morgan fingerprint density at radius 3 is 2.69 bits per heavy atom. The fourth-order valence-electron chi connectivity index (χ4n) is 1.36. The van der Waals surface area contributed by atoms with Gasteiger partial charge in [0.25, 0.3) is 0 Å². The van der Waals surface area contributed by atoms with E-state index in [4.69, 9.17) is 4.42 Å². The van der Waals surface area contributed by atoms with Crippen LogP contribution in [0.5, 0.6) is 0 Å². The molecule has 2 aromatic rings. The van der Waals surface area contributed by atoms with Gasteiger partial charge in [0, 0.05) is 16.2 Å². The molecule has 3 heteroatoms. The maximum atomic E-state index is 11.3. The van der Waals surface area contributed by atoms with Crippen molar-refractivity contribution in [1.82, 2.24) is 0 Å². The lowest BCUT2D eigenvalue weighted by molar-refractivity contribution is 0.500. The lowest BCUT2D eigenvalue weighted by Gasteiger charge is -2.03. The predicted octanol–water partition coefficient (Wildman–Crippen LogP) is 3.24. The Morgan fingerprint density at radius 2 is 1.94 bits per heavy atom. The molecule has 0 amide bonds. The van der Waals surface area contributed by atoms with Crippen molar-refractivity contribution in [1.29, 1.82) is 0 Å². The van der Waals surface area contributed by atoms with Crippen molar-refractivity contribution in [3.05, 3.63) is 64.2 Å². The highest BCUT2D eigenvalue weighted by molar-refractivity contribution is 7.98. The van der Waals surface area contributed by atoms with E-state index >= 15 is 0 Å². The average Bonchev–Trinajstić information content (AvgIpc) is 2.32. The molecule has 0 aliphatic heterocycles. The van der Waals surface area contributed by atoms with E-state index in [0.717, 1.165) is 10.6 Å². The summed E-state index contributed by atoms with van der Waals surface area (Å²) in [7, 11) is 0. The van der Waals surface area contributed by atoms with Crippen LogP contribution in [0.3, 0.4) is 0 Å². The van der Waals surface area contributed by atoms with Crippen molar-refractivity contribution in [3.8, 4) is 0 Å². The zero-order chi connectivity index (χ0) is 11.4. The van der Waals surface area contributed by atoms with Crippen LogP contribution in [0.4, 0.5) is 0 Å². The van der Waals surface area contributed by atoms with Crippen LogP contribution >= 0.6 is 11.8 Å². The first kappa shape index (κ1) is 11.0. The molecule has 0 saturated heterocycles. The Morgan fingerprint density at radius 1 is 1.19 bits per heavy atom. The predicted molar refractivity (Wildman–Crippen MR) is 65.7 cm³/mol. The summed E-state index contributed by atoms with van der Waals surface area (Å²) in [6.07, 6.45) is 1.45. The van der Waals surface area contributed by atoms with Crippen molar-refractivity contribution in [2.75, 3.05) is 0 Å². The topological polar surface area (TPSA) is 30.2 Å². The van der Waals surface area contributed by atoms with E-state index in [1.807, 2.05) is 24.3 Å². The number of hydrogen-bond acceptors (Lipinski definition) is 3. The number of hydrogen-bond donors (Lipinski definition) is 0. The lowest BCUT2D eigenvalue weighted by atomic mass is 10.2. The monoisotopic (exact) mass is 232 g/mol. The molecule has 1 aromatic heterocycles. The minimum absolute atomic E-state index is 0.252. The SMILES string of the molecule is Cc1c(SCc2ccccc2)ccoc1=O. The van der Waals surface area contributed by atoms with Gasteiger partial charge in [-0.15, -0.1) is 11.8 Å². The van der Waals surface area contributed by atoms with Gasteiger partial charge in [-0.05, 0) is 18.6 Å². The molecule has 0 spiro atoms. The molecule has 0 saturated carbocycles. The molecular formula is C13H12O2S. The highest BCUT2D eigenvalue weighted by Crippen LogP contribution is 2.23. The molecule has 0 unspecified atom stereocenters. The van der Waals surface area contributed by atoms with Crippen molar-refractivity contribution in [2.24, 2.45) is 0 Å². The van der Waals surface area contributed by atoms with Crippen molar-refractivity contribution in [3.63, 3.8) is 0 Å². The van der Waals surface area contributed by atoms with Crippen LogP contribution in [0.15, 0.2) is 56.8 Å². The standard InChI is InChI=1S/C13H12O2S/c1-10-12(7-8-15-13(10)14)16-9-11-5-3-2-4-6-11/h2-8H,9H2,1H3. The van der Waals surface area contributed by atoms with E-state index in [9.17, 15) is 4.79 Å². The molecule has 0 atom stereocenters. The van der Waals surface area contributed by atoms with E-state index in [1.54, 1.807) is 18.7 Å². The van der Waals surface area contributed by atoms with Crippen LogP contribution in [0.2, 0.25) is 0 Å². The molecular weight excluding hydrogens is 220 g/mol. The number of rotatable bonds is 3. The minimum Gasteiger partial charge on any atom is -0.431 e. The maximum Gasteiger partial charge on any atom is 0.339 e. The van der Waals surface area contributed by atoms with Gasteiger partial charge in [-0.2, -0.15) is 0 Å². The summed E-state index contributed by atoms with van der Waals surface area (Å²) in [4.78, 5) is 12.3. The van der Waals surface area contributed by atoms with Gasteiger partial charge in [-0.3, -0.25) is 0 Å². The lowest BCUT2D eigenvalue weighted by Crippen LogP contribution is -2.03. The van der Waals surface area contributed by atoms with Crippen LogP contribution in [0, 0.1) is 6.92 Å². The fourth-order valence-corrected chi connectivity index (χ4v) is 2.33. The summed E-state index contributed by atoms with van der Waals surface area (Å²) in [6.45, 7) is 1.79. The Labute approximate surface area is 98.3 Å². The average molecular weight is 232 g/mol. The normalized spacial score (nSPS) is 10.3. The molecule has 0 bridgehead atoms. The van der Waals surface area contributed by atoms with Crippen LogP contribution < -0.4 is 5.63 Å². The Balaban J connectivity index is 2.11. The molecule has 16 heavy (non-hydrogen) atoms. The van der Waals surface area contributed by atoms with Crippen LogP contribution in [0.1, 0.15) is 11.1 Å². The van der Waals surface area contributed by atoms with E-state index in [-0.39, 0.29) is 5.63 Å². The molecule has 0 aliphatic rings. The van der Waals surface area contributed by atoms with Gasteiger partial charge in [0.2, 0.25) is 0 Å². The molecule has 0 N–H and O–H groups in total. The van der Waals surface area contributed by atoms with Gasteiger partial charge in [0.1, 0.15) is 0 Å². The highest BCUT2D eigenvalue weighted by Gasteiger charge is 2.03. The third-order valence-corrected chi connectivity index (χ3v) is 3.54. The van der Waals surface area contributed by atoms with E-state index in [2.05, 4.69) is 12.1 Å². The quantitative estimate of drug-likeness (QED) is 0.761. The maximum absolute atomic E-state index is 11.3. The van der Waals surface area contributed by atoms with Crippen molar-refractivity contribution < 1.29 is 4.42 Å². The van der Waals surface area contributed by atoms with Gasteiger partial charge in [0.15, 0.2) is 0 Å². The van der Waals surface area contributed by atoms with Crippen LogP contribution in [-0.2, 0) is 5.75 Å². The summed E-state index contributed by atoms with van der Waals surface area (Å²) in [6, 6.07) is 12.0. The molecule has 1 heterocycles. The molecule has 2 nitrogen and oxygen atoms in total. The van der Waals surface area contributed by atoms with Crippen LogP contribution in [0.25, 0.3) is 0 Å². The molecule has 0 aliphatic carbocycles. The fraction of sp³-hybridized carbons (Fsp3) is 0.154. The second kappa shape index (κ2) is 5.03. The third kappa shape index (κ3) is 2.55. The van der Waals surface area contributed by atoms with E-state index in [0.29, 0.717) is 5.56 Å². The van der Waals surface area contributed by atoms with Crippen molar-refractivity contribution in [2.45, 2.75) is 17.6 Å². The van der Waals surface area contributed by atoms with E-state index < -0.39 is 0 Å². The summed E-state index contributed by atoms with van der Waals surface area (Å²) in [5.74, 6) is 0.866. The molecule has 1 aromatic carbocycles. The first-order valence-electron chi connectivity index (χ1n) is 5.02. The summed E-state index contributed by atoms with van der Waals surface area (Å²) in [5, 5.41) is 0. The third-order valence-electron chi connectivity index (χ3n) is 2.31. The molecule has 2 rings (SSSR count). The largest absolute Gasteiger partial charge is 0.431 e. The van der Waals surface area contributed by atoms with Crippen LogP contribution in [-0.4, -0.2) is 0 Å². The van der Waals surface area contributed by atoms with Gasteiger partial charge < -0.3 is 4.42 Å². The minimum atomic E-state index is -0.252. The number of thioether (sulfide) groups is 1. The van der Waals surface area contributed by atoms with Gasteiger partial charge in [-0.1, -0.05) is 30.3 Å². The zero-order valence-electron chi connectivity index (χ0n) is 8.97. The van der Waals surface area contributed by atoms with Crippen molar-refractivity contribution >= 4 is 11.8 Å². The number of benzene rings is 1. The second-order valence-corrected chi connectivity index (χ2v) is 4.49. The summed E-state index contributed by atoms with van der Waals surface area (Å²) >= 11 is 1.65. The summed E-state index contributed by atoms with van der Waals surface area (Å²) in [5.41, 5.74) is 1.68. The smallest absolute Gasteiger partial charge is 0.339 e. The van der Waals surface area contributed by atoms with Gasteiger partial charge >= 0.3 is 5.63 Å². The molecule has 82 valence electrons. The first-order valence-corrected chi connectivity index (χ1v) is 6.01. The van der Waals surface area contributed by atoms with Gasteiger partial charge in [0.05, 0.1) is 6.26 Å². The molecule has 0 radical (unpaired) electrons. The van der Waals surface area contributed by atoms with Gasteiger partial charge in [-0.25, -0.2) is 4.79 Å². The van der Waals surface area contributed by atoms with E-state index in [1.165, 1.54) is 11.8 Å². The zero-order valence-corrected chi connectivity index (χ0v) is 9.79. The Bertz CT molecular complexity index is 517.